The molecule has 0 spiro atoms. The van der Waals surface area contributed by atoms with E-state index in [9.17, 15) is 9.18 Å². The van der Waals surface area contributed by atoms with Crippen LogP contribution in [0.2, 0.25) is 5.02 Å². The summed E-state index contributed by atoms with van der Waals surface area (Å²) in [6.07, 6.45) is 1.81. The van der Waals surface area contributed by atoms with Crippen molar-refractivity contribution in [3.05, 3.63) is 70.6 Å². The summed E-state index contributed by atoms with van der Waals surface area (Å²) in [7, 11) is 3.74. The van der Waals surface area contributed by atoms with Gasteiger partial charge in [0.25, 0.3) is 0 Å². The van der Waals surface area contributed by atoms with E-state index in [1.54, 1.807) is 6.07 Å². The Kier molecular flexibility index (Phi) is 4.83. The Morgan fingerprint density at radius 1 is 1.21 bits per heavy atom. The number of anilines is 1. The zero-order chi connectivity index (χ0) is 17.3. The van der Waals surface area contributed by atoms with Crippen molar-refractivity contribution in [1.82, 2.24) is 4.90 Å². The number of rotatable bonds is 3. The van der Waals surface area contributed by atoms with Gasteiger partial charge in [0, 0.05) is 41.3 Å². The molecule has 0 saturated carbocycles. The SMILES string of the molecule is CN(C)/C=C1/CN(Sc2ccc(Cl)cc2)c2cc(F)ccc2C1=O. The predicted octanol–water partition coefficient (Wildman–Crippen LogP) is 4.63. The minimum Gasteiger partial charge on any atom is -0.383 e. The summed E-state index contributed by atoms with van der Waals surface area (Å²) in [5.74, 6) is -0.421. The van der Waals surface area contributed by atoms with Gasteiger partial charge in [-0.3, -0.25) is 4.79 Å². The van der Waals surface area contributed by atoms with Gasteiger partial charge in [0.15, 0.2) is 5.78 Å². The lowest BCUT2D eigenvalue weighted by Gasteiger charge is -2.31. The molecule has 6 heteroatoms. The van der Waals surface area contributed by atoms with Crippen LogP contribution in [0.15, 0.2) is 59.1 Å². The molecule has 0 atom stereocenters. The molecule has 2 aromatic rings. The number of Topliss-reactive ketones (excluding diaryl/α,β-unsaturated/α-hetero) is 1. The van der Waals surface area contributed by atoms with E-state index in [1.165, 1.54) is 24.1 Å². The third-order valence-corrected chi connectivity index (χ3v) is 4.80. The molecule has 0 N–H and O–H groups in total. The van der Waals surface area contributed by atoms with Crippen LogP contribution in [0.1, 0.15) is 10.4 Å². The van der Waals surface area contributed by atoms with Crippen LogP contribution in [0.3, 0.4) is 0 Å². The molecule has 0 aromatic heterocycles. The Labute approximate surface area is 149 Å². The lowest BCUT2D eigenvalue weighted by molar-refractivity contribution is 0.102. The average molecular weight is 363 g/mol. The maximum atomic E-state index is 13.7. The molecule has 2 aromatic carbocycles. The topological polar surface area (TPSA) is 23.6 Å². The minimum atomic E-state index is -0.358. The highest BCUT2D eigenvalue weighted by Gasteiger charge is 2.28. The molecule has 0 fully saturated rings. The molecular formula is C18H16ClFN2OS. The number of hydrogen-bond acceptors (Lipinski definition) is 4. The highest BCUT2D eigenvalue weighted by atomic mass is 35.5. The van der Waals surface area contributed by atoms with Crippen LogP contribution < -0.4 is 4.31 Å². The van der Waals surface area contributed by atoms with Crippen LogP contribution in [0, 0.1) is 5.82 Å². The minimum absolute atomic E-state index is 0.0633. The number of halogens is 2. The molecule has 3 rings (SSSR count). The van der Waals surface area contributed by atoms with Crippen molar-refractivity contribution in [3.63, 3.8) is 0 Å². The number of fused-ring (bicyclic) bond motifs is 1. The fourth-order valence-corrected chi connectivity index (χ4v) is 3.59. The summed E-state index contributed by atoms with van der Waals surface area (Å²) in [6.45, 7) is 0.404. The number of hydrogen-bond donors (Lipinski definition) is 0. The quantitative estimate of drug-likeness (QED) is 0.586. The number of carbonyl (C=O) groups is 1. The zero-order valence-corrected chi connectivity index (χ0v) is 14.9. The first kappa shape index (κ1) is 16.9. The van der Waals surface area contributed by atoms with Crippen molar-refractivity contribution in [3.8, 4) is 0 Å². The summed E-state index contributed by atoms with van der Waals surface area (Å²) in [5.41, 5.74) is 1.77. The molecule has 0 unspecified atom stereocenters. The Morgan fingerprint density at radius 2 is 1.92 bits per heavy atom. The number of carbonyl (C=O) groups excluding carboxylic acids is 1. The molecule has 3 nitrogen and oxygen atoms in total. The van der Waals surface area contributed by atoms with Crippen molar-refractivity contribution in [2.75, 3.05) is 24.9 Å². The summed E-state index contributed by atoms with van der Waals surface area (Å²) in [6, 6.07) is 11.7. The molecule has 0 bridgehead atoms. The van der Waals surface area contributed by atoms with E-state index in [-0.39, 0.29) is 11.6 Å². The number of nitrogens with zero attached hydrogens (tertiary/aromatic N) is 2. The summed E-state index contributed by atoms with van der Waals surface area (Å²) in [5, 5.41) is 0.660. The second kappa shape index (κ2) is 6.87. The van der Waals surface area contributed by atoms with Crippen LogP contribution in [0.5, 0.6) is 0 Å². The number of benzene rings is 2. The average Bonchev–Trinajstić information content (AvgIpc) is 2.53. The van der Waals surface area contributed by atoms with Crippen LogP contribution in [-0.4, -0.2) is 31.3 Å². The summed E-state index contributed by atoms with van der Waals surface area (Å²) < 4.78 is 15.6. The van der Waals surface area contributed by atoms with Crippen molar-refractivity contribution in [1.29, 1.82) is 0 Å². The number of ketones is 1. The zero-order valence-electron chi connectivity index (χ0n) is 13.3. The Morgan fingerprint density at radius 3 is 2.58 bits per heavy atom. The van der Waals surface area contributed by atoms with Gasteiger partial charge in [-0.15, -0.1) is 0 Å². The highest BCUT2D eigenvalue weighted by Crippen LogP contribution is 2.37. The predicted molar refractivity (Wildman–Crippen MR) is 97.2 cm³/mol. The second-order valence-corrected chi connectivity index (χ2v) is 7.22. The first-order valence-corrected chi connectivity index (χ1v) is 8.51. The van der Waals surface area contributed by atoms with Gasteiger partial charge in [-0.25, -0.2) is 4.39 Å². The van der Waals surface area contributed by atoms with Gasteiger partial charge in [-0.05, 0) is 54.4 Å². The van der Waals surface area contributed by atoms with E-state index in [1.807, 2.05) is 53.8 Å². The van der Waals surface area contributed by atoms with Gasteiger partial charge < -0.3 is 9.21 Å². The third kappa shape index (κ3) is 3.57. The maximum Gasteiger partial charge on any atom is 0.194 e. The molecule has 1 aliphatic heterocycles. The molecule has 0 amide bonds. The first-order chi connectivity index (χ1) is 11.4. The smallest absolute Gasteiger partial charge is 0.194 e. The van der Waals surface area contributed by atoms with Gasteiger partial charge in [-0.2, -0.15) is 0 Å². The molecule has 0 saturated heterocycles. The molecule has 24 heavy (non-hydrogen) atoms. The lowest BCUT2D eigenvalue weighted by atomic mass is 9.98. The Hall–Kier alpha value is -1.98. The lowest BCUT2D eigenvalue weighted by Crippen LogP contribution is -2.30. The Balaban J connectivity index is 2.00. The van der Waals surface area contributed by atoms with E-state index < -0.39 is 0 Å². The van der Waals surface area contributed by atoms with E-state index >= 15 is 0 Å². The highest BCUT2D eigenvalue weighted by molar-refractivity contribution is 8.00. The van der Waals surface area contributed by atoms with E-state index in [2.05, 4.69) is 0 Å². The van der Waals surface area contributed by atoms with Gasteiger partial charge >= 0.3 is 0 Å². The summed E-state index contributed by atoms with van der Waals surface area (Å²) >= 11 is 7.38. The molecule has 1 aliphatic rings. The van der Waals surface area contributed by atoms with E-state index in [0.29, 0.717) is 28.4 Å². The molecule has 0 aliphatic carbocycles. The fraction of sp³-hybridized carbons (Fsp3) is 0.167. The first-order valence-electron chi connectivity index (χ1n) is 7.36. The molecule has 124 valence electrons. The molecule has 0 radical (unpaired) electrons. The van der Waals surface area contributed by atoms with Crippen molar-refractivity contribution < 1.29 is 9.18 Å². The van der Waals surface area contributed by atoms with Crippen molar-refractivity contribution in [2.24, 2.45) is 0 Å². The van der Waals surface area contributed by atoms with Crippen LogP contribution in [0.25, 0.3) is 0 Å². The standard InChI is InChI=1S/C18H16ClFN2OS/c1-21(2)10-12-11-22(24-15-6-3-13(19)4-7-15)17-9-14(20)5-8-16(17)18(12)23/h3-10H,11H2,1-2H3/b12-10-. The maximum absolute atomic E-state index is 13.7. The van der Waals surface area contributed by atoms with Crippen LogP contribution in [-0.2, 0) is 0 Å². The van der Waals surface area contributed by atoms with Gasteiger partial charge in [-0.1, -0.05) is 11.6 Å². The van der Waals surface area contributed by atoms with Crippen LogP contribution in [0.4, 0.5) is 10.1 Å². The van der Waals surface area contributed by atoms with Crippen molar-refractivity contribution in [2.45, 2.75) is 4.90 Å². The largest absolute Gasteiger partial charge is 0.383 e. The summed E-state index contributed by atoms with van der Waals surface area (Å²) in [4.78, 5) is 15.4. The van der Waals surface area contributed by atoms with E-state index in [0.717, 1.165) is 4.90 Å². The third-order valence-electron chi connectivity index (χ3n) is 3.52. The normalized spacial score (nSPS) is 15.6. The monoisotopic (exact) mass is 362 g/mol. The van der Waals surface area contributed by atoms with Gasteiger partial charge in [0.05, 0.1) is 12.2 Å². The second-order valence-electron chi connectivity index (χ2n) is 5.69. The van der Waals surface area contributed by atoms with Crippen LogP contribution >= 0.6 is 23.5 Å². The molecular weight excluding hydrogens is 347 g/mol. The van der Waals surface area contributed by atoms with E-state index in [4.69, 9.17) is 11.6 Å². The van der Waals surface area contributed by atoms with Gasteiger partial charge in [0.2, 0.25) is 0 Å². The van der Waals surface area contributed by atoms with Gasteiger partial charge in [0.1, 0.15) is 5.82 Å². The molecule has 1 heterocycles. The Bertz CT molecular complexity index is 805. The van der Waals surface area contributed by atoms with Crippen molar-refractivity contribution >= 4 is 35.0 Å². The fourth-order valence-electron chi connectivity index (χ4n) is 2.50.